The molecule has 0 atom stereocenters. The Labute approximate surface area is 85.8 Å². The van der Waals surface area contributed by atoms with Crippen molar-refractivity contribution in [3.05, 3.63) is 6.20 Å². The fraction of sp³-hybridized carbons (Fsp3) is 0.500. The highest BCUT2D eigenvalue weighted by atomic mass is 32.2. The minimum Gasteiger partial charge on any atom is -0.396 e. The molecule has 0 saturated heterocycles. The van der Waals surface area contributed by atoms with Crippen molar-refractivity contribution in [1.82, 2.24) is 4.98 Å². The van der Waals surface area contributed by atoms with Gasteiger partial charge in [0.15, 0.2) is 9.34 Å². The van der Waals surface area contributed by atoms with Crippen molar-refractivity contribution in [1.29, 1.82) is 0 Å². The van der Waals surface area contributed by atoms with Gasteiger partial charge in [-0.2, -0.15) is 0 Å². The number of hydrogen-bond donors (Lipinski definition) is 3. The molecule has 14 heavy (non-hydrogen) atoms. The van der Waals surface area contributed by atoms with Gasteiger partial charge in [-0.15, -0.1) is 0 Å². The minimum absolute atomic E-state index is 0.0315. The predicted molar refractivity (Wildman–Crippen MR) is 53.7 cm³/mol. The van der Waals surface area contributed by atoms with Crippen LogP contribution in [0.15, 0.2) is 10.4 Å². The van der Waals surface area contributed by atoms with Gasteiger partial charge in [0.2, 0.25) is 10.0 Å². The van der Waals surface area contributed by atoms with Crippen LogP contribution in [0.2, 0.25) is 0 Å². The number of rotatable bonds is 5. The van der Waals surface area contributed by atoms with E-state index < -0.39 is 10.0 Å². The molecule has 0 saturated carbocycles. The highest BCUT2D eigenvalue weighted by Crippen LogP contribution is 2.21. The lowest BCUT2D eigenvalue weighted by Crippen LogP contribution is -2.09. The highest BCUT2D eigenvalue weighted by molar-refractivity contribution is 7.91. The zero-order chi connectivity index (χ0) is 10.6. The topological polar surface area (TPSA) is 105 Å². The van der Waals surface area contributed by atoms with E-state index >= 15 is 0 Å². The fourth-order valence-corrected chi connectivity index (χ4v) is 2.22. The summed E-state index contributed by atoms with van der Waals surface area (Å²) in [5, 5.41) is 16.8. The number of anilines is 1. The molecule has 0 radical (unpaired) electrons. The molecule has 0 aromatic carbocycles. The summed E-state index contributed by atoms with van der Waals surface area (Å²) in [4.78, 5) is 3.82. The Kier molecular flexibility index (Phi) is 3.81. The van der Waals surface area contributed by atoms with Crippen molar-refractivity contribution in [2.24, 2.45) is 5.14 Å². The largest absolute Gasteiger partial charge is 0.396 e. The number of nitrogens with zero attached hydrogens (tertiary/aromatic N) is 1. The summed E-state index contributed by atoms with van der Waals surface area (Å²) in [5.41, 5.74) is 0. The van der Waals surface area contributed by atoms with Crippen LogP contribution in [0.3, 0.4) is 0 Å². The van der Waals surface area contributed by atoms with E-state index in [2.05, 4.69) is 10.3 Å². The van der Waals surface area contributed by atoms with Crippen LogP contribution >= 0.6 is 11.3 Å². The van der Waals surface area contributed by atoms with Crippen molar-refractivity contribution < 1.29 is 13.5 Å². The first-order valence-electron chi connectivity index (χ1n) is 3.87. The monoisotopic (exact) mass is 237 g/mol. The van der Waals surface area contributed by atoms with Crippen molar-refractivity contribution in [2.45, 2.75) is 10.6 Å². The molecule has 0 aliphatic heterocycles. The molecule has 1 rings (SSSR count). The smallest absolute Gasteiger partial charge is 0.249 e. The number of aliphatic hydroxyl groups excluding tert-OH is 1. The van der Waals surface area contributed by atoms with Gasteiger partial charge >= 0.3 is 0 Å². The van der Waals surface area contributed by atoms with E-state index in [0.717, 1.165) is 11.3 Å². The number of aliphatic hydroxyl groups is 1. The van der Waals surface area contributed by atoms with Crippen LogP contribution in [0, 0.1) is 0 Å². The lowest BCUT2D eigenvalue weighted by atomic mass is 10.5. The summed E-state index contributed by atoms with van der Waals surface area (Å²) >= 11 is 0.973. The number of sulfonamides is 1. The van der Waals surface area contributed by atoms with Crippen molar-refractivity contribution in [3.8, 4) is 0 Å². The van der Waals surface area contributed by atoms with Gasteiger partial charge in [-0.3, -0.25) is 0 Å². The summed E-state index contributed by atoms with van der Waals surface area (Å²) < 4.78 is 21.7. The fourth-order valence-electron chi connectivity index (χ4n) is 0.747. The zero-order valence-corrected chi connectivity index (χ0v) is 8.94. The van der Waals surface area contributed by atoms with E-state index in [0.29, 0.717) is 18.1 Å². The lowest BCUT2D eigenvalue weighted by molar-refractivity contribution is 0.292. The molecule has 1 aromatic heterocycles. The molecule has 6 nitrogen and oxygen atoms in total. The molecule has 0 unspecified atom stereocenters. The van der Waals surface area contributed by atoms with Gasteiger partial charge in [-0.25, -0.2) is 18.5 Å². The predicted octanol–water partition coefficient (Wildman–Crippen LogP) is -0.415. The van der Waals surface area contributed by atoms with E-state index in [-0.39, 0.29) is 10.8 Å². The molecular formula is C6H11N3O3S2. The first kappa shape index (κ1) is 11.4. The molecule has 0 fully saturated rings. The van der Waals surface area contributed by atoms with Crippen molar-refractivity contribution in [2.75, 3.05) is 18.5 Å². The van der Waals surface area contributed by atoms with Crippen LogP contribution < -0.4 is 10.5 Å². The van der Waals surface area contributed by atoms with Gasteiger partial charge in [0.05, 0.1) is 6.20 Å². The molecule has 0 aliphatic carbocycles. The van der Waals surface area contributed by atoms with Gasteiger partial charge < -0.3 is 10.4 Å². The Bertz CT molecular complexity index is 387. The SMILES string of the molecule is NS(=O)(=O)c1cnc(NCCCO)s1. The number of nitrogens with one attached hydrogen (secondary N) is 1. The summed E-state index contributed by atoms with van der Waals surface area (Å²) in [6.45, 7) is 0.633. The zero-order valence-electron chi connectivity index (χ0n) is 7.30. The summed E-state index contributed by atoms with van der Waals surface area (Å²) in [7, 11) is -3.65. The molecule has 1 aromatic rings. The number of primary sulfonamides is 1. The molecule has 1 heterocycles. The number of thiazole rings is 1. The molecule has 80 valence electrons. The van der Waals surface area contributed by atoms with Crippen LogP contribution in [-0.4, -0.2) is 31.7 Å². The van der Waals surface area contributed by atoms with Gasteiger partial charge in [0.25, 0.3) is 0 Å². The standard InChI is InChI=1S/C6H11N3O3S2/c7-14(11,12)5-4-9-6(13-5)8-2-1-3-10/h4,10H,1-3H2,(H,8,9)(H2,7,11,12). The van der Waals surface area contributed by atoms with E-state index in [1.165, 1.54) is 6.20 Å². The Balaban J connectivity index is 2.60. The van der Waals surface area contributed by atoms with Gasteiger partial charge in [0.1, 0.15) is 0 Å². The normalized spacial score (nSPS) is 11.6. The Hall–Kier alpha value is -0.700. The van der Waals surface area contributed by atoms with E-state index in [4.69, 9.17) is 10.2 Å². The van der Waals surface area contributed by atoms with Gasteiger partial charge in [0, 0.05) is 13.2 Å². The van der Waals surface area contributed by atoms with Crippen LogP contribution in [0.5, 0.6) is 0 Å². The first-order chi connectivity index (χ1) is 6.54. The Morgan fingerprint density at radius 2 is 2.36 bits per heavy atom. The molecule has 0 aliphatic rings. The number of hydrogen-bond acceptors (Lipinski definition) is 6. The first-order valence-corrected chi connectivity index (χ1v) is 6.23. The number of aromatic nitrogens is 1. The third kappa shape index (κ3) is 3.22. The van der Waals surface area contributed by atoms with Crippen LogP contribution in [0.4, 0.5) is 5.13 Å². The molecule has 0 bridgehead atoms. The van der Waals surface area contributed by atoms with E-state index in [9.17, 15) is 8.42 Å². The summed E-state index contributed by atoms with van der Waals surface area (Å²) in [6, 6.07) is 0. The average molecular weight is 237 g/mol. The summed E-state index contributed by atoms with van der Waals surface area (Å²) in [5.74, 6) is 0. The highest BCUT2D eigenvalue weighted by Gasteiger charge is 2.11. The van der Waals surface area contributed by atoms with Gasteiger partial charge in [-0.1, -0.05) is 11.3 Å². The Morgan fingerprint density at radius 3 is 2.86 bits per heavy atom. The van der Waals surface area contributed by atoms with Crippen molar-refractivity contribution >= 4 is 26.5 Å². The number of nitrogens with two attached hydrogens (primary N) is 1. The van der Waals surface area contributed by atoms with E-state index in [1.54, 1.807) is 0 Å². The molecule has 8 heteroatoms. The van der Waals surface area contributed by atoms with Crippen LogP contribution in [-0.2, 0) is 10.0 Å². The van der Waals surface area contributed by atoms with Gasteiger partial charge in [-0.05, 0) is 6.42 Å². The Morgan fingerprint density at radius 1 is 1.64 bits per heavy atom. The average Bonchev–Trinajstić information content (AvgIpc) is 2.52. The van der Waals surface area contributed by atoms with Crippen LogP contribution in [0.25, 0.3) is 0 Å². The van der Waals surface area contributed by atoms with Crippen LogP contribution in [0.1, 0.15) is 6.42 Å². The second-order valence-electron chi connectivity index (χ2n) is 2.53. The maximum atomic E-state index is 10.9. The molecule has 0 spiro atoms. The lowest BCUT2D eigenvalue weighted by Gasteiger charge is -1.98. The molecule has 0 amide bonds. The van der Waals surface area contributed by atoms with E-state index in [1.807, 2.05) is 0 Å². The maximum Gasteiger partial charge on any atom is 0.249 e. The third-order valence-electron chi connectivity index (χ3n) is 1.38. The third-order valence-corrected chi connectivity index (χ3v) is 3.74. The maximum absolute atomic E-state index is 10.9. The summed E-state index contributed by atoms with van der Waals surface area (Å²) in [6.07, 6.45) is 1.80. The quantitative estimate of drug-likeness (QED) is 0.603. The minimum atomic E-state index is -3.65. The van der Waals surface area contributed by atoms with Crippen molar-refractivity contribution in [3.63, 3.8) is 0 Å². The second kappa shape index (κ2) is 4.69. The molecular weight excluding hydrogens is 226 g/mol. The second-order valence-corrected chi connectivity index (χ2v) is 5.35. The molecule has 4 N–H and O–H groups in total.